The molecule has 0 radical (unpaired) electrons. The maximum Gasteiger partial charge on any atom is 0.323 e. The summed E-state index contributed by atoms with van der Waals surface area (Å²) in [5.41, 5.74) is 3.82. The topological polar surface area (TPSA) is 92.4 Å². The van der Waals surface area contributed by atoms with Crippen LogP contribution in [0.2, 0.25) is 0 Å². The summed E-state index contributed by atoms with van der Waals surface area (Å²) in [6.07, 6.45) is 0. The molecule has 1 aromatic heterocycles. The van der Waals surface area contributed by atoms with Crippen LogP contribution in [0.4, 0.5) is 21.3 Å². The van der Waals surface area contributed by atoms with Gasteiger partial charge in [0, 0.05) is 27.2 Å². The van der Waals surface area contributed by atoms with Crippen LogP contribution < -0.4 is 20.7 Å². The summed E-state index contributed by atoms with van der Waals surface area (Å²) in [6.45, 7) is 0. The van der Waals surface area contributed by atoms with Crippen molar-refractivity contribution < 1.29 is 14.3 Å². The van der Waals surface area contributed by atoms with Crippen molar-refractivity contribution in [2.45, 2.75) is 10.1 Å². The zero-order chi connectivity index (χ0) is 27.7. The number of hydrogen-bond donors (Lipinski definition) is 3. The predicted octanol–water partition coefficient (Wildman–Crippen LogP) is 7.93. The van der Waals surface area contributed by atoms with E-state index in [0.717, 1.165) is 27.5 Å². The van der Waals surface area contributed by atoms with E-state index in [2.05, 4.69) is 20.9 Å². The Morgan fingerprint density at radius 3 is 2.10 bits per heavy atom. The second kappa shape index (κ2) is 13.0. The average molecular weight is 567 g/mol. The number of hydrogen-bond acceptors (Lipinski definition) is 6. The van der Waals surface area contributed by atoms with E-state index >= 15 is 0 Å². The first kappa shape index (κ1) is 27.0. The van der Waals surface area contributed by atoms with Crippen molar-refractivity contribution in [1.82, 2.24) is 4.98 Å². The number of para-hydroxylation sites is 2. The molecule has 200 valence electrons. The third-order valence-corrected chi connectivity index (χ3v) is 7.88. The maximum atomic E-state index is 13.5. The van der Waals surface area contributed by atoms with Crippen LogP contribution in [-0.2, 0) is 4.79 Å². The lowest BCUT2D eigenvalue weighted by Gasteiger charge is -2.16. The molecule has 0 bridgehead atoms. The number of thioether (sulfide) groups is 1. The minimum Gasteiger partial charge on any atom is -0.496 e. The van der Waals surface area contributed by atoms with Crippen molar-refractivity contribution in [3.05, 3.63) is 120 Å². The lowest BCUT2D eigenvalue weighted by atomic mass is 10.1. The normalized spacial score (nSPS) is 11.3. The minimum atomic E-state index is -0.514. The fraction of sp³-hybridized carbons (Fsp3) is 0.0645. The summed E-state index contributed by atoms with van der Waals surface area (Å²) in [5.74, 6) is 0.542. The fourth-order valence-corrected chi connectivity index (χ4v) is 5.69. The third kappa shape index (κ3) is 6.88. The van der Waals surface area contributed by atoms with Gasteiger partial charge in [0.2, 0.25) is 5.91 Å². The van der Waals surface area contributed by atoms with Crippen LogP contribution in [0, 0.1) is 0 Å². The van der Waals surface area contributed by atoms with Gasteiger partial charge in [-0.15, -0.1) is 23.1 Å². The van der Waals surface area contributed by atoms with Gasteiger partial charge in [-0.05, 0) is 54.1 Å². The monoisotopic (exact) mass is 566 g/mol. The SMILES string of the molecule is COc1ccccc1-c1csc(NC(=O)C(Sc2ccc(NC(=O)Nc3ccccc3)cc2)c2ccccc2)n1. The Morgan fingerprint density at radius 1 is 0.775 bits per heavy atom. The van der Waals surface area contributed by atoms with Crippen molar-refractivity contribution in [3.63, 3.8) is 0 Å². The Kier molecular flexibility index (Phi) is 8.75. The van der Waals surface area contributed by atoms with E-state index in [1.807, 2.05) is 115 Å². The number of urea groups is 1. The Balaban J connectivity index is 1.28. The summed E-state index contributed by atoms with van der Waals surface area (Å²) in [5, 5.41) is 10.5. The van der Waals surface area contributed by atoms with Gasteiger partial charge in [-0.25, -0.2) is 9.78 Å². The number of carbonyl (C=O) groups is 2. The quantitative estimate of drug-likeness (QED) is 0.158. The number of thiazole rings is 1. The lowest BCUT2D eigenvalue weighted by Crippen LogP contribution is -2.19. The van der Waals surface area contributed by atoms with E-state index in [4.69, 9.17) is 4.74 Å². The Morgan fingerprint density at radius 2 is 1.40 bits per heavy atom. The van der Waals surface area contributed by atoms with Crippen molar-refractivity contribution >= 4 is 51.5 Å². The highest BCUT2D eigenvalue weighted by Crippen LogP contribution is 2.38. The van der Waals surface area contributed by atoms with Gasteiger partial charge in [0.05, 0.1) is 12.8 Å². The molecule has 7 nitrogen and oxygen atoms in total. The smallest absolute Gasteiger partial charge is 0.323 e. The van der Waals surface area contributed by atoms with Crippen molar-refractivity contribution in [2.24, 2.45) is 0 Å². The van der Waals surface area contributed by atoms with Crippen molar-refractivity contribution in [2.75, 3.05) is 23.1 Å². The largest absolute Gasteiger partial charge is 0.496 e. The molecule has 9 heteroatoms. The molecule has 4 aromatic carbocycles. The van der Waals surface area contributed by atoms with Gasteiger partial charge < -0.3 is 20.7 Å². The van der Waals surface area contributed by atoms with Gasteiger partial charge >= 0.3 is 6.03 Å². The number of ether oxygens (including phenoxy) is 1. The number of nitrogens with zero attached hydrogens (tertiary/aromatic N) is 1. The van der Waals surface area contributed by atoms with Gasteiger partial charge in [0.15, 0.2) is 5.13 Å². The number of carbonyl (C=O) groups excluding carboxylic acids is 2. The van der Waals surface area contributed by atoms with E-state index in [-0.39, 0.29) is 11.9 Å². The number of rotatable bonds is 9. The lowest BCUT2D eigenvalue weighted by molar-refractivity contribution is -0.115. The first-order valence-corrected chi connectivity index (χ1v) is 14.2. The number of aromatic nitrogens is 1. The van der Waals surface area contributed by atoms with Gasteiger partial charge in [0.25, 0.3) is 0 Å². The van der Waals surface area contributed by atoms with E-state index in [0.29, 0.717) is 16.5 Å². The Bertz CT molecular complexity index is 1580. The van der Waals surface area contributed by atoms with Gasteiger partial charge in [-0.2, -0.15) is 0 Å². The summed E-state index contributed by atoms with van der Waals surface area (Å²) in [6, 6.07) is 33.6. The highest BCUT2D eigenvalue weighted by atomic mass is 32.2. The van der Waals surface area contributed by atoms with E-state index in [1.54, 1.807) is 7.11 Å². The molecule has 3 N–H and O–H groups in total. The standard InChI is InChI=1S/C31H26N4O3S2/c1-38-27-15-9-8-14-25(27)26-20-39-31(34-26)35-29(36)28(21-10-4-2-5-11-21)40-24-18-16-23(17-19-24)33-30(37)32-22-12-6-3-7-13-22/h2-20,28H,1H3,(H2,32,33,37)(H,34,35,36). The molecule has 0 saturated heterocycles. The minimum absolute atomic E-state index is 0.179. The molecule has 5 aromatic rings. The van der Waals surface area contributed by atoms with Crippen LogP contribution in [0.5, 0.6) is 5.75 Å². The average Bonchev–Trinajstić information content (AvgIpc) is 3.45. The van der Waals surface area contributed by atoms with E-state index in [9.17, 15) is 9.59 Å². The molecule has 40 heavy (non-hydrogen) atoms. The van der Waals surface area contributed by atoms with Crippen LogP contribution in [0.25, 0.3) is 11.3 Å². The molecular formula is C31H26N4O3S2. The zero-order valence-electron chi connectivity index (χ0n) is 21.5. The highest BCUT2D eigenvalue weighted by molar-refractivity contribution is 8.00. The summed E-state index contributed by atoms with van der Waals surface area (Å²) in [7, 11) is 1.62. The number of amides is 3. The molecule has 0 spiro atoms. The molecular weight excluding hydrogens is 541 g/mol. The van der Waals surface area contributed by atoms with E-state index < -0.39 is 5.25 Å². The summed E-state index contributed by atoms with van der Waals surface area (Å²) >= 11 is 2.79. The number of methoxy groups -OCH3 is 1. The Labute approximate surface area is 240 Å². The molecule has 5 rings (SSSR count). The third-order valence-electron chi connectivity index (χ3n) is 5.86. The van der Waals surface area contributed by atoms with Gasteiger partial charge in [-0.1, -0.05) is 60.7 Å². The summed E-state index contributed by atoms with van der Waals surface area (Å²) < 4.78 is 5.46. The van der Waals surface area contributed by atoms with Crippen LogP contribution in [0.1, 0.15) is 10.8 Å². The molecule has 0 fully saturated rings. The maximum absolute atomic E-state index is 13.5. The molecule has 0 aliphatic heterocycles. The molecule has 3 amide bonds. The van der Waals surface area contributed by atoms with Gasteiger partial charge in [-0.3, -0.25) is 4.79 Å². The van der Waals surface area contributed by atoms with Gasteiger partial charge in [0.1, 0.15) is 11.0 Å². The van der Waals surface area contributed by atoms with Crippen LogP contribution in [0.15, 0.2) is 119 Å². The first-order valence-electron chi connectivity index (χ1n) is 12.4. The van der Waals surface area contributed by atoms with Crippen LogP contribution in [-0.4, -0.2) is 24.0 Å². The van der Waals surface area contributed by atoms with Crippen molar-refractivity contribution in [1.29, 1.82) is 0 Å². The molecule has 1 unspecified atom stereocenters. The number of benzene rings is 4. The predicted molar refractivity (Wildman–Crippen MR) is 163 cm³/mol. The zero-order valence-corrected chi connectivity index (χ0v) is 23.2. The number of nitrogens with one attached hydrogen (secondary N) is 3. The number of anilines is 3. The molecule has 0 aliphatic rings. The van der Waals surface area contributed by atoms with E-state index in [1.165, 1.54) is 23.1 Å². The first-order chi connectivity index (χ1) is 19.6. The molecule has 0 aliphatic carbocycles. The summed E-state index contributed by atoms with van der Waals surface area (Å²) in [4.78, 5) is 31.4. The highest BCUT2D eigenvalue weighted by Gasteiger charge is 2.23. The second-order valence-electron chi connectivity index (χ2n) is 8.61. The molecule has 0 saturated carbocycles. The Hall–Kier alpha value is -4.60. The fourth-order valence-electron chi connectivity index (χ4n) is 3.95. The second-order valence-corrected chi connectivity index (χ2v) is 10.6. The molecule has 1 atom stereocenters. The van der Waals surface area contributed by atoms with Crippen LogP contribution >= 0.6 is 23.1 Å². The van der Waals surface area contributed by atoms with Crippen molar-refractivity contribution in [3.8, 4) is 17.0 Å². The van der Waals surface area contributed by atoms with Crippen LogP contribution in [0.3, 0.4) is 0 Å². The molecule has 1 heterocycles.